The monoisotopic (exact) mass is 511 g/mol. The van der Waals surface area contributed by atoms with Gasteiger partial charge in [-0.25, -0.2) is 13.1 Å². The number of hydrogen-bond donors (Lipinski definition) is 1. The Morgan fingerprint density at radius 2 is 1.91 bits per heavy atom. The van der Waals surface area contributed by atoms with E-state index in [0.717, 1.165) is 16.8 Å². The van der Waals surface area contributed by atoms with Gasteiger partial charge in [-0.1, -0.05) is 30.3 Å². The second kappa shape index (κ2) is 10.9. The number of fused-ring (bicyclic) bond motifs is 5. The van der Waals surface area contributed by atoms with Crippen LogP contribution < -0.4 is 4.72 Å². The summed E-state index contributed by atoms with van der Waals surface area (Å²) >= 11 is 0. The molecule has 0 radical (unpaired) electrons. The molecule has 0 aliphatic carbocycles. The molecule has 2 aliphatic heterocycles. The lowest BCUT2D eigenvalue weighted by molar-refractivity contribution is -0.188. The maximum absolute atomic E-state index is 14.2. The molecule has 1 saturated heterocycles. The predicted octanol–water partition coefficient (Wildman–Crippen LogP) is 3.96. The lowest BCUT2D eigenvalue weighted by Crippen LogP contribution is -2.53. The molecule has 0 amide bonds. The molecule has 2 bridgehead atoms. The van der Waals surface area contributed by atoms with Gasteiger partial charge in [0.15, 0.2) is 0 Å². The van der Waals surface area contributed by atoms with Crippen molar-refractivity contribution in [2.45, 2.75) is 63.3 Å². The van der Waals surface area contributed by atoms with Crippen LogP contribution in [0.3, 0.4) is 0 Å². The van der Waals surface area contributed by atoms with Crippen LogP contribution in [0.2, 0.25) is 0 Å². The summed E-state index contributed by atoms with van der Waals surface area (Å²) in [7, 11) is -3.58. The molecule has 1 aromatic heterocycles. The van der Waals surface area contributed by atoms with E-state index in [1.165, 1.54) is 11.8 Å². The molecular formula is C25H32F3N3O3S. The topological polar surface area (TPSA) is 71.5 Å². The van der Waals surface area contributed by atoms with Gasteiger partial charge in [0.1, 0.15) is 6.04 Å². The highest BCUT2D eigenvalue weighted by atomic mass is 32.2. The minimum absolute atomic E-state index is 0.0999. The number of pyridine rings is 1. The first-order chi connectivity index (χ1) is 16.7. The first kappa shape index (κ1) is 26.1. The average molecular weight is 512 g/mol. The van der Waals surface area contributed by atoms with Gasteiger partial charge in [0.25, 0.3) is 0 Å². The fourth-order valence-electron chi connectivity index (χ4n) is 5.10. The van der Waals surface area contributed by atoms with Crippen LogP contribution in [0.25, 0.3) is 11.3 Å². The molecule has 1 fully saturated rings. The van der Waals surface area contributed by atoms with Gasteiger partial charge in [-0.2, -0.15) is 13.2 Å². The lowest BCUT2D eigenvalue weighted by Gasteiger charge is -2.36. The normalized spacial score (nSPS) is 24.7. The SMILES string of the molecule is CCS(=O)(=O)NC1CCN2C1Cc1cccc(n1)-c1ccccc1CCOCCCC2C(F)(F)F. The molecule has 6 nitrogen and oxygen atoms in total. The maximum Gasteiger partial charge on any atom is 0.404 e. The Labute approximate surface area is 204 Å². The van der Waals surface area contributed by atoms with Crippen molar-refractivity contribution in [3.8, 4) is 11.3 Å². The number of hydrogen-bond acceptors (Lipinski definition) is 5. The third-order valence-electron chi connectivity index (χ3n) is 6.88. The molecule has 3 heterocycles. The van der Waals surface area contributed by atoms with E-state index < -0.39 is 34.3 Å². The number of sulfonamides is 1. The Morgan fingerprint density at radius 1 is 1.11 bits per heavy atom. The molecule has 3 unspecified atom stereocenters. The van der Waals surface area contributed by atoms with E-state index in [1.54, 1.807) is 6.07 Å². The van der Waals surface area contributed by atoms with Gasteiger partial charge in [-0.15, -0.1) is 0 Å². The van der Waals surface area contributed by atoms with Crippen molar-refractivity contribution in [1.29, 1.82) is 0 Å². The van der Waals surface area contributed by atoms with Crippen molar-refractivity contribution in [3.05, 3.63) is 53.7 Å². The van der Waals surface area contributed by atoms with Crippen LogP contribution in [0.4, 0.5) is 13.2 Å². The molecule has 10 heteroatoms. The van der Waals surface area contributed by atoms with Crippen LogP contribution >= 0.6 is 0 Å². The molecule has 0 saturated carbocycles. The highest BCUT2D eigenvalue weighted by Gasteiger charge is 2.49. The van der Waals surface area contributed by atoms with E-state index in [0.29, 0.717) is 25.1 Å². The van der Waals surface area contributed by atoms with Crippen LogP contribution in [0.5, 0.6) is 0 Å². The number of halogens is 3. The Balaban J connectivity index is 1.73. The van der Waals surface area contributed by atoms with Gasteiger partial charge < -0.3 is 4.74 Å². The van der Waals surface area contributed by atoms with Crippen LogP contribution in [0.15, 0.2) is 42.5 Å². The molecule has 3 atom stereocenters. The largest absolute Gasteiger partial charge is 0.404 e. The van der Waals surface area contributed by atoms with Crippen molar-refractivity contribution in [3.63, 3.8) is 0 Å². The van der Waals surface area contributed by atoms with Gasteiger partial charge in [-0.3, -0.25) is 9.88 Å². The molecule has 2 aromatic rings. The second-order valence-electron chi connectivity index (χ2n) is 9.16. The predicted molar refractivity (Wildman–Crippen MR) is 128 cm³/mol. The molecule has 35 heavy (non-hydrogen) atoms. The Bertz CT molecular complexity index is 1110. The van der Waals surface area contributed by atoms with Gasteiger partial charge in [0.2, 0.25) is 10.0 Å². The van der Waals surface area contributed by atoms with Crippen molar-refractivity contribution < 1.29 is 26.3 Å². The van der Waals surface area contributed by atoms with Crippen LogP contribution in [-0.4, -0.2) is 68.1 Å². The number of aromatic nitrogens is 1. The quantitative estimate of drug-likeness (QED) is 0.676. The summed E-state index contributed by atoms with van der Waals surface area (Å²) in [5.74, 6) is -0.124. The zero-order valence-corrected chi connectivity index (χ0v) is 20.6. The highest BCUT2D eigenvalue weighted by Crippen LogP contribution is 2.35. The molecule has 1 aromatic carbocycles. The number of benzene rings is 1. The number of nitrogens with zero attached hydrogens (tertiary/aromatic N) is 2. The van der Waals surface area contributed by atoms with E-state index in [1.807, 2.05) is 36.4 Å². The maximum atomic E-state index is 14.2. The summed E-state index contributed by atoms with van der Waals surface area (Å²) < 4.78 is 75.6. The average Bonchev–Trinajstić information content (AvgIpc) is 3.18. The number of ether oxygens (including phenoxy) is 1. The zero-order chi connectivity index (χ0) is 25.1. The van der Waals surface area contributed by atoms with Crippen LogP contribution in [0, 0.1) is 0 Å². The Morgan fingerprint density at radius 3 is 2.69 bits per heavy atom. The smallest absolute Gasteiger partial charge is 0.381 e. The van der Waals surface area contributed by atoms with Crippen LogP contribution in [-0.2, 0) is 27.6 Å². The fourth-order valence-corrected chi connectivity index (χ4v) is 6.00. The number of nitrogens with one attached hydrogen (secondary N) is 1. The highest BCUT2D eigenvalue weighted by molar-refractivity contribution is 7.89. The third kappa shape index (κ3) is 6.41. The summed E-state index contributed by atoms with van der Waals surface area (Å²) in [6.45, 7) is 2.34. The second-order valence-corrected chi connectivity index (χ2v) is 11.2. The summed E-state index contributed by atoms with van der Waals surface area (Å²) in [5, 5.41) is 0. The Hall–Kier alpha value is -2.01. The van der Waals surface area contributed by atoms with Crippen LogP contribution in [0.1, 0.15) is 37.4 Å². The summed E-state index contributed by atoms with van der Waals surface area (Å²) in [6.07, 6.45) is -3.09. The summed E-state index contributed by atoms with van der Waals surface area (Å²) in [5.41, 5.74) is 3.42. The zero-order valence-electron chi connectivity index (χ0n) is 19.8. The molecule has 1 N–H and O–H groups in total. The van der Waals surface area contributed by atoms with Crippen molar-refractivity contribution in [1.82, 2.24) is 14.6 Å². The minimum Gasteiger partial charge on any atom is -0.381 e. The van der Waals surface area contributed by atoms with Crippen molar-refractivity contribution >= 4 is 10.0 Å². The van der Waals surface area contributed by atoms with E-state index in [4.69, 9.17) is 9.72 Å². The molecule has 192 valence electrons. The van der Waals surface area contributed by atoms with Gasteiger partial charge >= 0.3 is 6.18 Å². The third-order valence-corrected chi connectivity index (χ3v) is 8.30. The van der Waals surface area contributed by atoms with E-state index in [2.05, 4.69) is 4.72 Å². The first-order valence-electron chi connectivity index (χ1n) is 12.1. The standard InChI is InChI=1S/C25H32F3N3O3S/c1-2-35(32,33)30-22-12-14-31-23(22)17-19-8-5-10-21(29-19)20-9-4-3-7-18(20)13-16-34-15-6-11-24(31)25(26,27)28/h3-5,7-10,22-24,30H,2,6,11-17H2,1H3. The van der Waals surface area contributed by atoms with E-state index in [-0.39, 0.29) is 38.2 Å². The van der Waals surface area contributed by atoms with E-state index >= 15 is 0 Å². The van der Waals surface area contributed by atoms with Gasteiger partial charge in [0.05, 0.1) is 18.1 Å². The first-order valence-corrected chi connectivity index (χ1v) is 13.8. The molecule has 4 rings (SSSR count). The summed E-state index contributed by atoms with van der Waals surface area (Å²) in [6, 6.07) is 10.5. The number of rotatable bonds is 3. The fraction of sp³-hybridized carbons (Fsp3) is 0.560. The minimum atomic E-state index is -4.43. The molecular weight excluding hydrogens is 479 g/mol. The van der Waals surface area contributed by atoms with Gasteiger partial charge in [-0.05, 0) is 50.3 Å². The number of alkyl halides is 3. The van der Waals surface area contributed by atoms with Crippen molar-refractivity contribution in [2.24, 2.45) is 0 Å². The Kier molecular flexibility index (Phi) is 8.15. The van der Waals surface area contributed by atoms with Crippen molar-refractivity contribution in [2.75, 3.05) is 25.5 Å². The van der Waals surface area contributed by atoms with E-state index in [9.17, 15) is 21.6 Å². The summed E-state index contributed by atoms with van der Waals surface area (Å²) in [4.78, 5) is 6.23. The van der Waals surface area contributed by atoms with Gasteiger partial charge in [0, 0.05) is 42.9 Å². The molecule has 2 aliphatic rings. The molecule has 0 spiro atoms. The lowest BCUT2D eigenvalue weighted by atomic mass is 9.99.